The summed E-state index contributed by atoms with van der Waals surface area (Å²) in [6.07, 6.45) is 0.809. The first kappa shape index (κ1) is 16.8. The van der Waals surface area contributed by atoms with Crippen LogP contribution in [0.5, 0.6) is 5.75 Å². The van der Waals surface area contributed by atoms with Gasteiger partial charge in [0, 0.05) is 29.9 Å². The summed E-state index contributed by atoms with van der Waals surface area (Å²) < 4.78 is 5.32. The van der Waals surface area contributed by atoms with Crippen molar-refractivity contribution in [3.05, 3.63) is 29.3 Å². The van der Waals surface area contributed by atoms with Crippen molar-refractivity contribution >= 4 is 23.3 Å². The lowest BCUT2D eigenvalue weighted by Gasteiger charge is -2.34. The van der Waals surface area contributed by atoms with Gasteiger partial charge in [0.2, 0.25) is 0 Å². The first-order valence-electron chi connectivity index (χ1n) is 7.31. The Kier molecular flexibility index (Phi) is 5.80. The molecule has 0 bridgehead atoms. The Labute approximate surface area is 135 Å². The maximum atomic E-state index is 11.7. The maximum Gasteiger partial charge on any atom is 0.372 e. The Bertz CT molecular complexity index is 545. The van der Waals surface area contributed by atoms with Crippen molar-refractivity contribution in [1.82, 2.24) is 4.90 Å². The molecule has 2 atom stereocenters. The number of carbonyl (C=O) groups is 1. The summed E-state index contributed by atoms with van der Waals surface area (Å²) in [7, 11) is 2.09. The smallest absolute Gasteiger partial charge is 0.372 e. The molecule has 2 unspecified atom stereocenters. The van der Waals surface area contributed by atoms with Crippen molar-refractivity contribution in [2.24, 2.45) is 11.1 Å². The van der Waals surface area contributed by atoms with Gasteiger partial charge in [-0.25, -0.2) is 4.79 Å². The molecular formula is C16H21ClN2O3. The van der Waals surface area contributed by atoms with Crippen LogP contribution in [0.2, 0.25) is 5.02 Å². The highest BCUT2D eigenvalue weighted by molar-refractivity contribution is 6.30. The average Bonchev–Trinajstić information content (AvgIpc) is 2.49. The van der Waals surface area contributed by atoms with E-state index in [1.807, 2.05) is 0 Å². The van der Waals surface area contributed by atoms with Crippen LogP contribution in [-0.2, 0) is 9.63 Å². The molecule has 1 aliphatic rings. The summed E-state index contributed by atoms with van der Waals surface area (Å²) >= 11 is 5.78. The van der Waals surface area contributed by atoms with E-state index in [9.17, 15) is 4.79 Å². The molecule has 1 fully saturated rings. The van der Waals surface area contributed by atoms with Gasteiger partial charge in [0.05, 0.1) is 5.71 Å². The van der Waals surface area contributed by atoms with Crippen LogP contribution in [0, 0.1) is 5.92 Å². The SMILES string of the molecule is CC1CN(C)C(C)C/C1=N/OC(=O)COc1ccc(Cl)cc1. The van der Waals surface area contributed by atoms with E-state index in [1.165, 1.54) is 0 Å². The molecule has 0 aliphatic carbocycles. The maximum absolute atomic E-state index is 11.7. The van der Waals surface area contributed by atoms with Gasteiger partial charge >= 0.3 is 5.97 Å². The van der Waals surface area contributed by atoms with Crippen molar-refractivity contribution in [3.63, 3.8) is 0 Å². The van der Waals surface area contributed by atoms with Crippen LogP contribution in [0.25, 0.3) is 0 Å². The minimum Gasteiger partial charge on any atom is -0.482 e. The molecule has 0 radical (unpaired) electrons. The fourth-order valence-electron chi connectivity index (χ4n) is 2.31. The lowest BCUT2D eigenvalue weighted by Crippen LogP contribution is -2.43. The molecule has 6 heteroatoms. The van der Waals surface area contributed by atoms with Gasteiger partial charge in [-0.2, -0.15) is 0 Å². The number of ether oxygens (including phenoxy) is 1. The Balaban J connectivity index is 1.81. The molecule has 1 aliphatic heterocycles. The molecule has 0 N–H and O–H groups in total. The van der Waals surface area contributed by atoms with Crippen LogP contribution >= 0.6 is 11.6 Å². The van der Waals surface area contributed by atoms with Gasteiger partial charge in [-0.05, 0) is 38.2 Å². The molecule has 1 aromatic rings. The molecule has 1 heterocycles. The Morgan fingerprint density at radius 1 is 1.36 bits per heavy atom. The fourth-order valence-corrected chi connectivity index (χ4v) is 2.44. The zero-order valence-electron chi connectivity index (χ0n) is 13.1. The number of oxime groups is 1. The van der Waals surface area contributed by atoms with Crippen molar-refractivity contribution in [2.75, 3.05) is 20.2 Å². The van der Waals surface area contributed by atoms with E-state index in [2.05, 4.69) is 31.0 Å². The van der Waals surface area contributed by atoms with Crippen LogP contribution < -0.4 is 4.74 Å². The molecule has 120 valence electrons. The number of nitrogens with zero attached hydrogens (tertiary/aromatic N) is 2. The van der Waals surface area contributed by atoms with Crippen LogP contribution in [0.1, 0.15) is 20.3 Å². The number of piperidine rings is 1. The normalized spacial score (nSPS) is 24.3. The molecule has 1 saturated heterocycles. The average molecular weight is 325 g/mol. The monoisotopic (exact) mass is 324 g/mol. The van der Waals surface area contributed by atoms with Gasteiger partial charge in [0.25, 0.3) is 0 Å². The molecule has 0 aromatic heterocycles. The van der Waals surface area contributed by atoms with Gasteiger partial charge in [-0.1, -0.05) is 23.7 Å². The number of hydrogen-bond donors (Lipinski definition) is 0. The Morgan fingerprint density at radius 3 is 2.73 bits per heavy atom. The zero-order valence-corrected chi connectivity index (χ0v) is 13.8. The number of halogens is 1. The highest BCUT2D eigenvalue weighted by atomic mass is 35.5. The van der Waals surface area contributed by atoms with Crippen molar-refractivity contribution in [2.45, 2.75) is 26.3 Å². The van der Waals surface area contributed by atoms with Gasteiger partial charge in [0.1, 0.15) is 5.75 Å². The van der Waals surface area contributed by atoms with E-state index in [1.54, 1.807) is 24.3 Å². The highest BCUT2D eigenvalue weighted by Gasteiger charge is 2.26. The molecule has 0 saturated carbocycles. The number of benzene rings is 1. The largest absolute Gasteiger partial charge is 0.482 e. The van der Waals surface area contributed by atoms with Crippen LogP contribution in [0.15, 0.2) is 29.4 Å². The van der Waals surface area contributed by atoms with E-state index in [-0.39, 0.29) is 12.5 Å². The zero-order chi connectivity index (χ0) is 16.1. The van der Waals surface area contributed by atoms with E-state index >= 15 is 0 Å². The molecular weight excluding hydrogens is 304 g/mol. The molecule has 2 rings (SSSR count). The third kappa shape index (κ3) is 4.71. The van der Waals surface area contributed by atoms with E-state index in [0.29, 0.717) is 16.8 Å². The van der Waals surface area contributed by atoms with Gasteiger partial charge < -0.3 is 14.5 Å². The van der Waals surface area contributed by atoms with E-state index in [0.717, 1.165) is 18.7 Å². The summed E-state index contributed by atoms with van der Waals surface area (Å²) in [4.78, 5) is 18.9. The lowest BCUT2D eigenvalue weighted by molar-refractivity contribution is -0.146. The molecule has 0 spiro atoms. The van der Waals surface area contributed by atoms with Crippen LogP contribution in [0.4, 0.5) is 0 Å². The second-order valence-corrected chi connectivity index (χ2v) is 6.12. The van der Waals surface area contributed by atoms with Gasteiger partial charge in [0.15, 0.2) is 6.61 Å². The number of likely N-dealkylation sites (tertiary alicyclic amines) is 1. The fraction of sp³-hybridized carbons (Fsp3) is 0.500. The minimum atomic E-state index is -0.513. The summed E-state index contributed by atoms with van der Waals surface area (Å²) in [6, 6.07) is 7.19. The van der Waals surface area contributed by atoms with Crippen molar-refractivity contribution < 1.29 is 14.4 Å². The van der Waals surface area contributed by atoms with Gasteiger partial charge in [-0.3, -0.25) is 0 Å². The quantitative estimate of drug-likeness (QED) is 0.631. The van der Waals surface area contributed by atoms with E-state index in [4.69, 9.17) is 21.2 Å². The standard InChI is InChI=1S/C16H21ClN2O3/c1-11-9-19(3)12(2)8-15(11)18-22-16(20)10-21-14-6-4-13(17)5-7-14/h4-7,11-12H,8-10H2,1-3H3/b18-15-. The first-order valence-corrected chi connectivity index (χ1v) is 7.68. The first-order chi connectivity index (χ1) is 10.5. The van der Waals surface area contributed by atoms with E-state index < -0.39 is 5.97 Å². The van der Waals surface area contributed by atoms with Crippen LogP contribution in [-0.4, -0.2) is 42.8 Å². The lowest BCUT2D eigenvalue weighted by atomic mass is 9.93. The number of hydrogen-bond acceptors (Lipinski definition) is 5. The molecule has 0 amide bonds. The third-order valence-electron chi connectivity index (χ3n) is 3.82. The third-order valence-corrected chi connectivity index (χ3v) is 4.07. The molecule has 5 nitrogen and oxygen atoms in total. The Morgan fingerprint density at radius 2 is 2.05 bits per heavy atom. The Hall–Kier alpha value is -1.59. The summed E-state index contributed by atoms with van der Waals surface area (Å²) in [5.74, 6) is 0.336. The second-order valence-electron chi connectivity index (χ2n) is 5.68. The van der Waals surface area contributed by atoms with Crippen molar-refractivity contribution in [1.29, 1.82) is 0 Å². The van der Waals surface area contributed by atoms with Crippen LogP contribution in [0.3, 0.4) is 0 Å². The number of rotatable bonds is 4. The predicted molar refractivity (Wildman–Crippen MR) is 86.3 cm³/mol. The minimum absolute atomic E-state index is 0.178. The molecule has 22 heavy (non-hydrogen) atoms. The summed E-state index contributed by atoms with van der Waals surface area (Å²) in [6.45, 7) is 4.95. The van der Waals surface area contributed by atoms with Crippen molar-refractivity contribution in [3.8, 4) is 5.75 Å². The highest BCUT2D eigenvalue weighted by Crippen LogP contribution is 2.18. The topological polar surface area (TPSA) is 51.1 Å². The number of carbonyl (C=O) groups excluding carboxylic acids is 1. The summed E-state index contributed by atoms with van der Waals surface area (Å²) in [5.41, 5.74) is 0.922. The summed E-state index contributed by atoms with van der Waals surface area (Å²) in [5, 5.41) is 4.63. The predicted octanol–water partition coefficient (Wildman–Crippen LogP) is 2.98. The molecule has 1 aromatic carbocycles. The second kappa shape index (κ2) is 7.61. The van der Waals surface area contributed by atoms with Gasteiger partial charge in [-0.15, -0.1) is 0 Å².